The fourth-order valence-electron chi connectivity index (χ4n) is 2.78. The van der Waals surface area contributed by atoms with Crippen LogP contribution < -0.4 is 5.32 Å². The summed E-state index contributed by atoms with van der Waals surface area (Å²) in [5.74, 6) is 1.13. The Morgan fingerprint density at radius 2 is 2.19 bits per heavy atom. The van der Waals surface area contributed by atoms with E-state index in [0.717, 1.165) is 25.8 Å². The van der Waals surface area contributed by atoms with Crippen LogP contribution in [0.1, 0.15) is 25.7 Å². The van der Waals surface area contributed by atoms with Crippen LogP contribution in [0.25, 0.3) is 0 Å². The molecule has 1 aromatic rings. The number of nitrogens with zero attached hydrogens (tertiary/aromatic N) is 3. The Morgan fingerprint density at radius 1 is 1.38 bits per heavy atom. The van der Waals surface area contributed by atoms with E-state index in [9.17, 15) is 14.9 Å². The molecule has 112 valence electrons. The van der Waals surface area contributed by atoms with Crippen molar-refractivity contribution in [3.05, 3.63) is 28.4 Å². The van der Waals surface area contributed by atoms with Crippen LogP contribution in [0.15, 0.2) is 18.3 Å². The zero-order valence-corrected chi connectivity index (χ0v) is 11.7. The first-order valence-electron chi connectivity index (χ1n) is 7.29. The second-order valence-corrected chi connectivity index (χ2v) is 5.70. The quantitative estimate of drug-likeness (QED) is 0.674. The lowest BCUT2D eigenvalue weighted by Crippen LogP contribution is -2.38. The lowest BCUT2D eigenvalue weighted by atomic mass is 9.84. The average Bonchev–Trinajstić information content (AvgIpc) is 2.86. The first-order valence-corrected chi connectivity index (χ1v) is 7.29. The van der Waals surface area contributed by atoms with Gasteiger partial charge in [0.1, 0.15) is 12.0 Å². The van der Waals surface area contributed by atoms with Crippen LogP contribution in [0, 0.1) is 16.0 Å². The minimum Gasteiger partial charge on any atom is -0.365 e. The molecule has 2 fully saturated rings. The van der Waals surface area contributed by atoms with Gasteiger partial charge in [-0.15, -0.1) is 0 Å². The maximum atomic E-state index is 12.2. The van der Waals surface area contributed by atoms with Crippen molar-refractivity contribution in [1.82, 2.24) is 9.88 Å². The third-order valence-electron chi connectivity index (χ3n) is 4.27. The van der Waals surface area contributed by atoms with Gasteiger partial charge >= 0.3 is 0 Å². The molecule has 1 saturated carbocycles. The van der Waals surface area contributed by atoms with E-state index in [-0.39, 0.29) is 23.6 Å². The Balaban J connectivity index is 1.54. The molecule has 2 heterocycles. The molecule has 0 aromatic carbocycles. The molecule has 1 aliphatic carbocycles. The molecule has 7 heteroatoms. The van der Waals surface area contributed by atoms with E-state index in [2.05, 4.69) is 10.3 Å². The van der Waals surface area contributed by atoms with Crippen molar-refractivity contribution < 1.29 is 9.72 Å². The minimum absolute atomic E-state index is 0.0197. The summed E-state index contributed by atoms with van der Waals surface area (Å²) in [6, 6.07) is 3.21. The van der Waals surface area contributed by atoms with Crippen molar-refractivity contribution >= 4 is 17.4 Å². The number of hydrogen-bond acceptors (Lipinski definition) is 5. The predicted molar refractivity (Wildman–Crippen MR) is 76.8 cm³/mol. The summed E-state index contributed by atoms with van der Waals surface area (Å²) in [7, 11) is 0. The van der Waals surface area contributed by atoms with Crippen LogP contribution in [-0.4, -0.2) is 39.8 Å². The molecule has 3 rings (SSSR count). The van der Waals surface area contributed by atoms with Gasteiger partial charge in [0.05, 0.1) is 4.92 Å². The van der Waals surface area contributed by atoms with Crippen LogP contribution >= 0.6 is 0 Å². The number of carbonyl (C=O) groups is 1. The highest BCUT2D eigenvalue weighted by molar-refractivity contribution is 5.80. The van der Waals surface area contributed by atoms with Crippen molar-refractivity contribution in [1.29, 1.82) is 0 Å². The van der Waals surface area contributed by atoms with Gasteiger partial charge < -0.3 is 10.2 Å². The summed E-state index contributed by atoms with van der Waals surface area (Å²) < 4.78 is 0. The molecule has 0 radical (unpaired) electrons. The topological polar surface area (TPSA) is 88.4 Å². The van der Waals surface area contributed by atoms with Crippen molar-refractivity contribution in [2.45, 2.75) is 31.7 Å². The van der Waals surface area contributed by atoms with E-state index in [4.69, 9.17) is 0 Å². The molecule has 1 aliphatic heterocycles. The van der Waals surface area contributed by atoms with Gasteiger partial charge in [-0.2, -0.15) is 0 Å². The van der Waals surface area contributed by atoms with E-state index < -0.39 is 4.92 Å². The maximum Gasteiger partial charge on any atom is 0.287 e. The van der Waals surface area contributed by atoms with E-state index in [1.165, 1.54) is 18.7 Å². The summed E-state index contributed by atoms with van der Waals surface area (Å²) in [5, 5.41) is 13.8. The van der Waals surface area contributed by atoms with Crippen LogP contribution in [0.5, 0.6) is 0 Å². The Kier molecular flexibility index (Phi) is 3.72. The van der Waals surface area contributed by atoms with Gasteiger partial charge in [0, 0.05) is 31.1 Å². The van der Waals surface area contributed by atoms with Gasteiger partial charge in [-0.05, 0) is 25.3 Å². The standard InChI is InChI=1S/C14H18N4O3/c19-14(10-2-1-3-10)17-7-6-11(9-17)16-13-5-4-12(8-15-13)18(20)21/h4-5,8,10-11H,1-3,6-7,9H2,(H,15,16)/t11-/m0/s1. The largest absolute Gasteiger partial charge is 0.365 e. The third-order valence-corrected chi connectivity index (χ3v) is 4.27. The number of carbonyl (C=O) groups excluding carboxylic acids is 1. The maximum absolute atomic E-state index is 12.2. The monoisotopic (exact) mass is 290 g/mol. The molecule has 1 aromatic heterocycles. The number of hydrogen-bond donors (Lipinski definition) is 1. The van der Waals surface area contributed by atoms with E-state index >= 15 is 0 Å². The highest BCUT2D eigenvalue weighted by Crippen LogP contribution is 2.29. The molecule has 2 aliphatic rings. The summed E-state index contributed by atoms with van der Waals surface area (Å²) in [5.41, 5.74) is -0.0197. The molecular weight excluding hydrogens is 272 g/mol. The van der Waals surface area contributed by atoms with Crippen molar-refractivity contribution in [3.63, 3.8) is 0 Å². The van der Waals surface area contributed by atoms with Crippen LogP contribution in [0.3, 0.4) is 0 Å². The summed E-state index contributed by atoms with van der Waals surface area (Å²) in [6.45, 7) is 1.47. The van der Waals surface area contributed by atoms with Gasteiger partial charge in [0.15, 0.2) is 0 Å². The van der Waals surface area contributed by atoms with Crippen molar-refractivity contribution in [2.24, 2.45) is 5.92 Å². The molecule has 21 heavy (non-hydrogen) atoms. The summed E-state index contributed by atoms with van der Waals surface area (Å²) in [6.07, 6.45) is 5.35. The third kappa shape index (κ3) is 2.96. The SMILES string of the molecule is O=C(C1CCC1)N1CC[C@H](Nc2ccc([N+](=O)[O-])cn2)C1. The minimum atomic E-state index is -0.467. The van der Waals surface area contributed by atoms with Gasteiger partial charge in [-0.25, -0.2) is 4.98 Å². The Labute approximate surface area is 122 Å². The number of anilines is 1. The predicted octanol–water partition coefficient (Wildman–Crippen LogP) is 1.80. The fourth-order valence-corrected chi connectivity index (χ4v) is 2.78. The van der Waals surface area contributed by atoms with Crippen LogP contribution in [0.4, 0.5) is 11.5 Å². The molecule has 0 bridgehead atoms. The number of amides is 1. The molecule has 1 N–H and O–H groups in total. The van der Waals surface area contributed by atoms with Crippen molar-refractivity contribution in [2.75, 3.05) is 18.4 Å². The van der Waals surface area contributed by atoms with E-state index in [1.807, 2.05) is 4.90 Å². The number of rotatable bonds is 4. The zero-order chi connectivity index (χ0) is 14.8. The number of nitrogens with one attached hydrogen (secondary N) is 1. The van der Waals surface area contributed by atoms with Crippen LogP contribution in [0.2, 0.25) is 0 Å². The Morgan fingerprint density at radius 3 is 2.76 bits per heavy atom. The smallest absolute Gasteiger partial charge is 0.287 e. The lowest BCUT2D eigenvalue weighted by Gasteiger charge is -2.29. The van der Waals surface area contributed by atoms with Crippen LogP contribution in [-0.2, 0) is 4.79 Å². The van der Waals surface area contributed by atoms with E-state index in [0.29, 0.717) is 12.4 Å². The normalized spacial score (nSPS) is 21.9. The Hall–Kier alpha value is -2.18. The summed E-state index contributed by atoms with van der Waals surface area (Å²) >= 11 is 0. The van der Waals surface area contributed by atoms with Gasteiger partial charge in [-0.1, -0.05) is 6.42 Å². The average molecular weight is 290 g/mol. The first kappa shape index (κ1) is 13.8. The van der Waals surface area contributed by atoms with Gasteiger partial charge in [-0.3, -0.25) is 14.9 Å². The highest BCUT2D eigenvalue weighted by atomic mass is 16.6. The van der Waals surface area contributed by atoms with Gasteiger partial charge in [0.25, 0.3) is 5.69 Å². The second kappa shape index (κ2) is 5.67. The van der Waals surface area contributed by atoms with Crippen molar-refractivity contribution in [3.8, 4) is 0 Å². The first-order chi connectivity index (χ1) is 10.1. The van der Waals surface area contributed by atoms with Gasteiger partial charge in [0.2, 0.25) is 5.91 Å². The molecule has 1 saturated heterocycles. The lowest BCUT2D eigenvalue weighted by molar-refractivity contribution is -0.385. The number of pyridine rings is 1. The highest BCUT2D eigenvalue weighted by Gasteiger charge is 2.33. The molecule has 7 nitrogen and oxygen atoms in total. The number of aromatic nitrogens is 1. The van der Waals surface area contributed by atoms with E-state index in [1.54, 1.807) is 6.07 Å². The Bertz CT molecular complexity index is 542. The summed E-state index contributed by atoms with van der Waals surface area (Å²) in [4.78, 5) is 28.2. The zero-order valence-electron chi connectivity index (χ0n) is 11.7. The molecule has 0 unspecified atom stereocenters. The number of nitro groups is 1. The number of likely N-dealkylation sites (tertiary alicyclic amines) is 1. The fraction of sp³-hybridized carbons (Fsp3) is 0.571. The second-order valence-electron chi connectivity index (χ2n) is 5.70. The molecular formula is C14H18N4O3. The molecule has 0 spiro atoms. The molecule has 1 amide bonds. The molecule has 1 atom stereocenters.